The number of nitriles is 1. The van der Waals surface area contributed by atoms with Gasteiger partial charge in [0, 0.05) is 6.04 Å². The Kier molecular flexibility index (Phi) is 6.55. The average molecular weight is 290 g/mol. The molecule has 0 atom stereocenters. The highest BCUT2D eigenvalue weighted by molar-refractivity contribution is 5.02. The van der Waals surface area contributed by atoms with Gasteiger partial charge in [-0.15, -0.1) is 0 Å². The van der Waals surface area contributed by atoms with Crippen LogP contribution in [-0.4, -0.2) is 24.0 Å². The van der Waals surface area contributed by atoms with Crippen LogP contribution in [-0.2, 0) is 0 Å². The zero-order chi connectivity index (χ0) is 15.1. The van der Waals surface area contributed by atoms with Crippen molar-refractivity contribution in [3.05, 3.63) is 0 Å². The Labute approximate surface area is 131 Å². The van der Waals surface area contributed by atoms with E-state index in [0.717, 1.165) is 31.2 Å². The van der Waals surface area contributed by atoms with Crippen LogP contribution in [0, 0.1) is 22.7 Å². The predicted octanol–water partition coefficient (Wildman–Crippen LogP) is 5.14. The van der Waals surface area contributed by atoms with Gasteiger partial charge >= 0.3 is 0 Å². The van der Waals surface area contributed by atoms with Gasteiger partial charge in [-0.3, -0.25) is 0 Å². The van der Waals surface area contributed by atoms with Crippen LogP contribution in [0.3, 0.4) is 0 Å². The van der Waals surface area contributed by atoms with Gasteiger partial charge in [-0.2, -0.15) is 5.26 Å². The first-order chi connectivity index (χ1) is 10.2. The van der Waals surface area contributed by atoms with Crippen molar-refractivity contribution in [3.63, 3.8) is 0 Å². The van der Waals surface area contributed by atoms with E-state index in [1.54, 1.807) is 0 Å². The Hall–Kier alpha value is -0.550. The van der Waals surface area contributed by atoms with E-state index in [1.165, 1.54) is 64.5 Å². The molecule has 0 spiro atoms. The van der Waals surface area contributed by atoms with Gasteiger partial charge in [-0.05, 0) is 64.0 Å². The van der Waals surface area contributed by atoms with Crippen molar-refractivity contribution in [2.24, 2.45) is 11.3 Å². The highest BCUT2D eigenvalue weighted by Crippen LogP contribution is 2.42. The summed E-state index contributed by atoms with van der Waals surface area (Å²) in [6, 6.07) is 3.45. The quantitative estimate of drug-likeness (QED) is 0.677. The lowest BCUT2D eigenvalue weighted by atomic mass is 9.70. The molecule has 120 valence electrons. The molecule has 1 heterocycles. The van der Waals surface area contributed by atoms with Crippen molar-refractivity contribution < 1.29 is 0 Å². The Morgan fingerprint density at radius 1 is 1.05 bits per heavy atom. The van der Waals surface area contributed by atoms with Crippen LogP contribution >= 0.6 is 0 Å². The predicted molar refractivity (Wildman–Crippen MR) is 89.0 cm³/mol. The first-order valence-electron chi connectivity index (χ1n) is 9.38. The lowest BCUT2D eigenvalue weighted by Crippen LogP contribution is -2.44. The third-order valence-electron chi connectivity index (χ3n) is 6.02. The fraction of sp³-hybridized carbons (Fsp3) is 0.947. The molecule has 21 heavy (non-hydrogen) atoms. The highest BCUT2D eigenvalue weighted by Gasteiger charge is 2.37. The zero-order valence-corrected chi connectivity index (χ0v) is 14.2. The summed E-state index contributed by atoms with van der Waals surface area (Å²) in [6.07, 6.45) is 14.0. The number of unbranched alkanes of at least 4 members (excludes halogenated alkanes) is 1. The van der Waals surface area contributed by atoms with Crippen molar-refractivity contribution in [1.82, 2.24) is 4.90 Å². The summed E-state index contributed by atoms with van der Waals surface area (Å²) >= 11 is 0. The molecule has 2 fully saturated rings. The maximum absolute atomic E-state index is 9.59. The molecular formula is C19H34N2. The Balaban J connectivity index is 1.78. The van der Waals surface area contributed by atoms with E-state index in [2.05, 4.69) is 24.8 Å². The van der Waals surface area contributed by atoms with Gasteiger partial charge in [-0.1, -0.05) is 39.5 Å². The molecule has 0 aromatic heterocycles. The molecule has 2 rings (SSSR count). The summed E-state index contributed by atoms with van der Waals surface area (Å²) in [5.74, 6) is 0.984. The molecule has 1 aliphatic carbocycles. The largest absolute Gasteiger partial charge is 0.300 e. The van der Waals surface area contributed by atoms with E-state index in [0.29, 0.717) is 0 Å². The normalized spacial score (nSPS) is 32.0. The fourth-order valence-corrected chi connectivity index (χ4v) is 4.47. The summed E-state index contributed by atoms with van der Waals surface area (Å²) in [5.41, 5.74) is 0.0209. The Morgan fingerprint density at radius 3 is 2.24 bits per heavy atom. The molecule has 1 aliphatic heterocycles. The second kappa shape index (κ2) is 8.18. The van der Waals surface area contributed by atoms with Gasteiger partial charge in [0.05, 0.1) is 11.5 Å². The minimum absolute atomic E-state index is 0.0209. The summed E-state index contributed by atoms with van der Waals surface area (Å²) in [6.45, 7) is 7.16. The second-order valence-electron chi connectivity index (χ2n) is 7.49. The first kappa shape index (κ1) is 16.8. The summed E-state index contributed by atoms with van der Waals surface area (Å²) in [4.78, 5) is 2.74. The molecule has 0 aromatic rings. The van der Waals surface area contributed by atoms with Crippen LogP contribution < -0.4 is 0 Å². The lowest BCUT2D eigenvalue weighted by Gasteiger charge is -2.43. The minimum atomic E-state index is 0.0209. The van der Waals surface area contributed by atoms with Crippen molar-refractivity contribution in [2.45, 2.75) is 90.5 Å². The number of rotatable bonds is 6. The van der Waals surface area contributed by atoms with E-state index >= 15 is 0 Å². The van der Waals surface area contributed by atoms with E-state index in [1.807, 2.05) is 0 Å². The van der Waals surface area contributed by atoms with Crippen LogP contribution in [0.2, 0.25) is 0 Å². The van der Waals surface area contributed by atoms with Crippen LogP contribution in [0.1, 0.15) is 84.5 Å². The number of piperidine rings is 1. The second-order valence-corrected chi connectivity index (χ2v) is 7.49. The maximum Gasteiger partial charge on any atom is 0.0689 e. The topological polar surface area (TPSA) is 27.0 Å². The molecule has 0 amide bonds. The van der Waals surface area contributed by atoms with Gasteiger partial charge in [0.2, 0.25) is 0 Å². The Morgan fingerprint density at radius 2 is 1.71 bits per heavy atom. The van der Waals surface area contributed by atoms with Crippen molar-refractivity contribution in [3.8, 4) is 6.07 Å². The number of hydrogen-bond donors (Lipinski definition) is 0. The average Bonchev–Trinajstić information content (AvgIpc) is 2.55. The third kappa shape index (κ3) is 4.46. The summed E-state index contributed by atoms with van der Waals surface area (Å²) in [7, 11) is 0. The molecule has 2 nitrogen and oxygen atoms in total. The fourth-order valence-electron chi connectivity index (χ4n) is 4.47. The third-order valence-corrected chi connectivity index (χ3v) is 6.02. The maximum atomic E-state index is 9.59. The number of hydrogen-bond acceptors (Lipinski definition) is 2. The monoisotopic (exact) mass is 290 g/mol. The van der Waals surface area contributed by atoms with E-state index < -0.39 is 0 Å². The zero-order valence-electron chi connectivity index (χ0n) is 14.2. The molecular weight excluding hydrogens is 256 g/mol. The van der Waals surface area contributed by atoms with E-state index in [-0.39, 0.29) is 5.41 Å². The lowest BCUT2D eigenvalue weighted by molar-refractivity contribution is 0.0759. The van der Waals surface area contributed by atoms with E-state index in [9.17, 15) is 5.26 Å². The first-order valence-corrected chi connectivity index (χ1v) is 9.38. The van der Waals surface area contributed by atoms with Crippen molar-refractivity contribution in [1.29, 1.82) is 5.26 Å². The smallest absolute Gasteiger partial charge is 0.0689 e. The van der Waals surface area contributed by atoms with Crippen molar-refractivity contribution in [2.75, 3.05) is 13.1 Å². The summed E-state index contributed by atoms with van der Waals surface area (Å²) in [5, 5.41) is 9.59. The van der Waals surface area contributed by atoms with Gasteiger partial charge < -0.3 is 4.90 Å². The summed E-state index contributed by atoms with van der Waals surface area (Å²) < 4.78 is 0. The SMILES string of the molecule is CCCCC1(C#N)CCC(N2CCC(CCC)CC2)CC1. The highest BCUT2D eigenvalue weighted by atomic mass is 15.2. The molecule has 0 radical (unpaired) electrons. The molecule has 1 saturated heterocycles. The van der Waals surface area contributed by atoms with Gasteiger partial charge in [-0.25, -0.2) is 0 Å². The standard InChI is InChI=1S/C19H34N2/c1-3-5-11-19(16-20)12-7-18(8-13-19)21-14-9-17(6-4-2)10-15-21/h17-18H,3-15H2,1-2H3. The van der Waals surface area contributed by atoms with Crippen LogP contribution in [0.4, 0.5) is 0 Å². The molecule has 0 N–H and O–H groups in total. The van der Waals surface area contributed by atoms with Crippen LogP contribution in [0.5, 0.6) is 0 Å². The number of likely N-dealkylation sites (tertiary alicyclic amines) is 1. The molecule has 2 heteroatoms. The van der Waals surface area contributed by atoms with Crippen LogP contribution in [0.15, 0.2) is 0 Å². The van der Waals surface area contributed by atoms with E-state index in [4.69, 9.17) is 0 Å². The number of nitrogens with zero attached hydrogens (tertiary/aromatic N) is 2. The molecule has 2 aliphatic rings. The van der Waals surface area contributed by atoms with Gasteiger partial charge in [0.1, 0.15) is 0 Å². The van der Waals surface area contributed by atoms with Gasteiger partial charge in [0.25, 0.3) is 0 Å². The van der Waals surface area contributed by atoms with Crippen molar-refractivity contribution >= 4 is 0 Å². The molecule has 0 bridgehead atoms. The minimum Gasteiger partial charge on any atom is -0.300 e. The van der Waals surface area contributed by atoms with Crippen LogP contribution in [0.25, 0.3) is 0 Å². The molecule has 0 unspecified atom stereocenters. The Bertz CT molecular complexity index is 328. The molecule has 1 saturated carbocycles. The van der Waals surface area contributed by atoms with Gasteiger partial charge in [0.15, 0.2) is 0 Å². The molecule has 0 aromatic carbocycles.